The number of hydrogen-bond donors (Lipinski definition) is 1. The second-order valence-electron chi connectivity index (χ2n) is 5.30. The molecule has 1 heterocycles. The molecule has 0 radical (unpaired) electrons. The van der Waals surface area contributed by atoms with Gasteiger partial charge in [-0.05, 0) is 44.0 Å². The molecule has 2 rings (SSSR count). The minimum absolute atomic E-state index is 0.0158. The van der Waals surface area contributed by atoms with E-state index in [2.05, 4.69) is 5.32 Å². The summed E-state index contributed by atoms with van der Waals surface area (Å²) in [6.07, 6.45) is 2.35. The average molecular weight is 293 g/mol. The van der Waals surface area contributed by atoms with Crippen molar-refractivity contribution in [2.24, 2.45) is 0 Å². The number of carbonyl (C=O) groups excluding carboxylic acids is 1. The van der Waals surface area contributed by atoms with Gasteiger partial charge in [-0.15, -0.1) is 0 Å². The summed E-state index contributed by atoms with van der Waals surface area (Å²) in [6.45, 7) is 3.79. The van der Waals surface area contributed by atoms with Crippen LogP contribution in [-0.4, -0.2) is 45.0 Å². The van der Waals surface area contributed by atoms with Gasteiger partial charge >= 0.3 is 0 Å². The molecule has 2 atom stereocenters. The summed E-state index contributed by atoms with van der Waals surface area (Å²) < 4.78 is 16.2. The lowest BCUT2D eigenvalue weighted by Gasteiger charge is -2.14. The van der Waals surface area contributed by atoms with Crippen molar-refractivity contribution in [1.82, 2.24) is 5.32 Å². The number of carbonyl (C=O) groups is 1. The molecular weight excluding hydrogens is 270 g/mol. The van der Waals surface area contributed by atoms with E-state index in [1.807, 2.05) is 19.1 Å². The number of hydrogen-bond acceptors (Lipinski definition) is 4. The maximum atomic E-state index is 12.0. The zero-order valence-electron chi connectivity index (χ0n) is 12.6. The maximum Gasteiger partial charge on any atom is 0.251 e. The number of benzene rings is 1. The van der Waals surface area contributed by atoms with Gasteiger partial charge in [0, 0.05) is 25.3 Å². The second-order valence-corrected chi connectivity index (χ2v) is 5.30. The molecule has 0 spiro atoms. The van der Waals surface area contributed by atoms with Gasteiger partial charge in [0.05, 0.1) is 12.7 Å². The van der Waals surface area contributed by atoms with Crippen molar-refractivity contribution in [3.05, 3.63) is 29.8 Å². The summed E-state index contributed by atoms with van der Waals surface area (Å²) in [7, 11) is 1.61. The zero-order valence-corrected chi connectivity index (χ0v) is 12.6. The molecule has 1 amide bonds. The SMILES string of the molecule is COCC(C)NC(=O)c1ccc(OCC2CCCO2)cc1. The van der Waals surface area contributed by atoms with Crippen molar-refractivity contribution < 1.29 is 19.0 Å². The fraction of sp³-hybridized carbons (Fsp3) is 0.562. The number of amides is 1. The van der Waals surface area contributed by atoms with Gasteiger partial charge < -0.3 is 19.5 Å². The minimum atomic E-state index is -0.106. The first-order valence-electron chi connectivity index (χ1n) is 7.33. The van der Waals surface area contributed by atoms with Crippen LogP contribution in [0.2, 0.25) is 0 Å². The number of ether oxygens (including phenoxy) is 3. The Morgan fingerprint density at radius 2 is 2.19 bits per heavy atom. The van der Waals surface area contributed by atoms with E-state index in [-0.39, 0.29) is 18.1 Å². The maximum absolute atomic E-state index is 12.0. The molecule has 21 heavy (non-hydrogen) atoms. The van der Waals surface area contributed by atoms with Crippen molar-refractivity contribution in [2.45, 2.75) is 31.9 Å². The third-order valence-electron chi connectivity index (χ3n) is 3.37. The van der Waals surface area contributed by atoms with Gasteiger partial charge in [0.2, 0.25) is 0 Å². The van der Waals surface area contributed by atoms with Crippen LogP contribution in [-0.2, 0) is 9.47 Å². The Morgan fingerprint density at radius 1 is 1.43 bits per heavy atom. The molecule has 5 heteroatoms. The van der Waals surface area contributed by atoms with Crippen molar-refractivity contribution >= 4 is 5.91 Å². The molecule has 116 valence electrons. The molecule has 1 fully saturated rings. The van der Waals surface area contributed by atoms with E-state index in [0.717, 1.165) is 25.2 Å². The predicted octanol–water partition coefficient (Wildman–Crippen LogP) is 2.01. The predicted molar refractivity (Wildman–Crippen MR) is 79.7 cm³/mol. The second kappa shape index (κ2) is 8.00. The molecule has 2 unspecified atom stereocenters. The van der Waals surface area contributed by atoms with Crippen LogP contribution in [0.5, 0.6) is 5.75 Å². The molecular formula is C16H23NO4. The zero-order chi connectivity index (χ0) is 15.1. The fourth-order valence-corrected chi connectivity index (χ4v) is 2.27. The summed E-state index contributed by atoms with van der Waals surface area (Å²) in [6, 6.07) is 7.13. The van der Waals surface area contributed by atoms with Crippen LogP contribution >= 0.6 is 0 Å². The lowest BCUT2D eigenvalue weighted by Crippen LogP contribution is -2.35. The Balaban J connectivity index is 1.81. The summed E-state index contributed by atoms with van der Waals surface area (Å²) in [4.78, 5) is 12.0. The molecule has 1 N–H and O–H groups in total. The summed E-state index contributed by atoms with van der Waals surface area (Å²) in [5, 5.41) is 2.87. The molecule has 0 aromatic heterocycles. The van der Waals surface area contributed by atoms with Crippen molar-refractivity contribution in [2.75, 3.05) is 26.9 Å². The van der Waals surface area contributed by atoms with E-state index < -0.39 is 0 Å². The van der Waals surface area contributed by atoms with E-state index >= 15 is 0 Å². The van der Waals surface area contributed by atoms with Crippen molar-refractivity contribution in [3.8, 4) is 5.75 Å². The van der Waals surface area contributed by atoms with Gasteiger partial charge in [0.15, 0.2) is 0 Å². The lowest BCUT2D eigenvalue weighted by atomic mass is 10.2. The van der Waals surface area contributed by atoms with Crippen LogP contribution in [0.4, 0.5) is 0 Å². The number of nitrogens with one attached hydrogen (secondary N) is 1. The Bertz CT molecular complexity index is 440. The van der Waals surface area contributed by atoms with Crippen LogP contribution in [0.15, 0.2) is 24.3 Å². The highest BCUT2D eigenvalue weighted by atomic mass is 16.5. The molecule has 0 saturated carbocycles. The monoisotopic (exact) mass is 293 g/mol. The molecule has 1 aromatic rings. The third kappa shape index (κ3) is 5.02. The number of rotatable bonds is 7. The Kier molecular flexibility index (Phi) is 6.02. The van der Waals surface area contributed by atoms with E-state index in [0.29, 0.717) is 18.8 Å². The van der Waals surface area contributed by atoms with Crippen LogP contribution in [0.1, 0.15) is 30.1 Å². The van der Waals surface area contributed by atoms with E-state index in [1.54, 1.807) is 19.2 Å². The molecule has 1 saturated heterocycles. The molecule has 0 bridgehead atoms. The standard InChI is InChI=1S/C16H23NO4/c1-12(10-19-2)17-16(18)13-5-7-14(8-6-13)21-11-15-4-3-9-20-15/h5-8,12,15H,3-4,9-11H2,1-2H3,(H,17,18). The van der Waals surface area contributed by atoms with Crippen LogP contribution in [0.25, 0.3) is 0 Å². The van der Waals surface area contributed by atoms with Crippen molar-refractivity contribution in [3.63, 3.8) is 0 Å². The highest BCUT2D eigenvalue weighted by Gasteiger charge is 2.16. The van der Waals surface area contributed by atoms with E-state index in [1.165, 1.54) is 0 Å². The van der Waals surface area contributed by atoms with E-state index in [4.69, 9.17) is 14.2 Å². The molecule has 5 nitrogen and oxygen atoms in total. The van der Waals surface area contributed by atoms with Gasteiger partial charge in [-0.2, -0.15) is 0 Å². The third-order valence-corrected chi connectivity index (χ3v) is 3.37. The summed E-state index contributed by atoms with van der Waals surface area (Å²) in [5.74, 6) is 0.650. The van der Waals surface area contributed by atoms with Gasteiger partial charge in [-0.3, -0.25) is 4.79 Å². The normalized spacial score (nSPS) is 19.2. The smallest absolute Gasteiger partial charge is 0.251 e. The Labute approximate surface area is 125 Å². The van der Waals surface area contributed by atoms with Gasteiger partial charge in [-0.1, -0.05) is 0 Å². The highest BCUT2D eigenvalue weighted by molar-refractivity contribution is 5.94. The van der Waals surface area contributed by atoms with Crippen LogP contribution in [0.3, 0.4) is 0 Å². The van der Waals surface area contributed by atoms with Gasteiger partial charge in [-0.25, -0.2) is 0 Å². The molecule has 1 aromatic carbocycles. The minimum Gasteiger partial charge on any atom is -0.491 e. The van der Waals surface area contributed by atoms with Crippen molar-refractivity contribution in [1.29, 1.82) is 0 Å². The Morgan fingerprint density at radius 3 is 2.81 bits per heavy atom. The highest BCUT2D eigenvalue weighted by Crippen LogP contribution is 2.16. The molecule has 1 aliphatic rings. The first kappa shape index (κ1) is 15.8. The molecule has 1 aliphatic heterocycles. The largest absolute Gasteiger partial charge is 0.491 e. The Hall–Kier alpha value is -1.59. The average Bonchev–Trinajstić information content (AvgIpc) is 2.99. The lowest BCUT2D eigenvalue weighted by molar-refractivity contribution is 0.0679. The molecule has 0 aliphatic carbocycles. The topological polar surface area (TPSA) is 56.8 Å². The fourth-order valence-electron chi connectivity index (χ4n) is 2.27. The number of methoxy groups -OCH3 is 1. The van der Waals surface area contributed by atoms with E-state index in [9.17, 15) is 4.79 Å². The quantitative estimate of drug-likeness (QED) is 0.835. The van der Waals surface area contributed by atoms with Gasteiger partial charge in [0.25, 0.3) is 5.91 Å². The first-order valence-corrected chi connectivity index (χ1v) is 7.33. The summed E-state index contributed by atoms with van der Waals surface area (Å²) in [5.41, 5.74) is 0.613. The summed E-state index contributed by atoms with van der Waals surface area (Å²) >= 11 is 0. The van der Waals surface area contributed by atoms with Crippen LogP contribution in [0, 0.1) is 0 Å². The van der Waals surface area contributed by atoms with Crippen LogP contribution < -0.4 is 10.1 Å². The first-order chi connectivity index (χ1) is 10.2. The van der Waals surface area contributed by atoms with Gasteiger partial charge in [0.1, 0.15) is 12.4 Å².